The minimum atomic E-state index is -0.544. The predicted octanol–water partition coefficient (Wildman–Crippen LogP) is 4.14. The van der Waals surface area contributed by atoms with Gasteiger partial charge in [-0.05, 0) is 18.2 Å². The van der Waals surface area contributed by atoms with Gasteiger partial charge < -0.3 is 10.1 Å². The van der Waals surface area contributed by atoms with Crippen molar-refractivity contribution in [3.8, 4) is 22.7 Å². The highest BCUT2D eigenvalue weighted by molar-refractivity contribution is 5.78. The second-order valence-corrected chi connectivity index (χ2v) is 6.94. The largest absolute Gasteiger partial charge is 0.477 e. The molecular weight excluding hydrogens is 408 g/mol. The van der Waals surface area contributed by atoms with E-state index in [0.29, 0.717) is 0 Å². The van der Waals surface area contributed by atoms with Crippen LogP contribution in [-0.4, -0.2) is 27.2 Å². The van der Waals surface area contributed by atoms with Crippen molar-refractivity contribution < 1.29 is 14.5 Å². The van der Waals surface area contributed by atoms with Crippen molar-refractivity contribution in [1.29, 1.82) is 0 Å². The van der Waals surface area contributed by atoms with E-state index in [9.17, 15) is 14.9 Å². The standard InChI is InChI=1S/C24H20N4O4/c29-23(17-32-22-14-8-7-13-21(22)28(30)31)25-15-19-16-27(20-11-5-2-6-12-20)26-24(19)18-9-3-1-4-10-18/h1-14,16H,15,17H2,(H,25,29). The zero-order valence-corrected chi connectivity index (χ0v) is 17.0. The molecule has 4 rings (SSSR count). The lowest BCUT2D eigenvalue weighted by atomic mass is 10.1. The fourth-order valence-corrected chi connectivity index (χ4v) is 3.21. The Bertz CT molecular complexity index is 1220. The maximum Gasteiger partial charge on any atom is 0.310 e. The molecule has 1 heterocycles. The molecule has 0 aliphatic heterocycles. The van der Waals surface area contributed by atoms with E-state index in [1.807, 2.05) is 66.9 Å². The van der Waals surface area contributed by atoms with Crippen molar-refractivity contribution in [3.63, 3.8) is 0 Å². The van der Waals surface area contributed by atoms with Gasteiger partial charge in [0.2, 0.25) is 0 Å². The summed E-state index contributed by atoms with van der Waals surface area (Å²) in [5, 5.41) is 18.6. The van der Waals surface area contributed by atoms with Crippen LogP contribution in [0.1, 0.15) is 5.56 Å². The SMILES string of the molecule is O=C(COc1ccccc1[N+](=O)[O-])NCc1cn(-c2ccccc2)nc1-c1ccccc1. The highest BCUT2D eigenvalue weighted by atomic mass is 16.6. The van der Waals surface area contributed by atoms with Crippen molar-refractivity contribution in [2.75, 3.05) is 6.61 Å². The Kier molecular flexibility index (Phi) is 6.22. The van der Waals surface area contributed by atoms with Crippen LogP contribution in [0.15, 0.2) is 91.1 Å². The molecule has 8 heteroatoms. The quantitative estimate of drug-likeness (QED) is 0.336. The fourth-order valence-electron chi connectivity index (χ4n) is 3.21. The van der Waals surface area contributed by atoms with E-state index in [-0.39, 0.29) is 24.6 Å². The van der Waals surface area contributed by atoms with Crippen molar-refractivity contribution >= 4 is 11.6 Å². The summed E-state index contributed by atoms with van der Waals surface area (Å²) in [5.41, 5.74) is 3.24. The number of amides is 1. The van der Waals surface area contributed by atoms with Crippen molar-refractivity contribution in [3.05, 3.63) is 107 Å². The number of benzene rings is 3. The first-order chi connectivity index (χ1) is 15.6. The number of rotatable bonds is 8. The summed E-state index contributed by atoms with van der Waals surface area (Å²) in [6.07, 6.45) is 1.88. The average Bonchev–Trinajstić information content (AvgIpc) is 3.27. The van der Waals surface area contributed by atoms with Crippen LogP contribution in [0.4, 0.5) is 5.69 Å². The summed E-state index contributed by atoms with van der Waals surface area (Å²) in [6, 6.07) is 25.4. The van der Waals surface area contributed by atoms with Crippen LogP contribution in [0.3, 0.4) is 0 Å². The highest BCUT2D eigenvalue weighted by Gasteiger charge is 2.16. The predicted molar refractivity (Wildman–Crippen MR) is 119 cm³/mol. The average molecular weight is 428 g/mol. The number of nitro benzene ring substituents is 1. The second-order valence-electron chi connectivity index (χ2n) is 6.94. The van der Waals surface area contributed by atoms with Crippen LogP contribution in [0, 0.1) is 10.1 Å². The van der Waals surface area contributed by atoms with Crippen LogP contribution in [0.2, 0.25) is 0 Å². The van der Waals surface area contributed by atoms with Crippen LogP contribution in [0.5, 0.6) is 5.75 Å². The molecule has 0 spiro atoms. The monoisotopic (exact) mass is 428 g/mol. The number of para-hydroxylation sites is 3. The number of hydrogen-bond donors (Lipinski definition) is 1. The molecule has 0 saturated carbocycles. The van der Waals surface area contributed by atoms with Gasteiger partial charge in [-0.1, -0.05) is 60.7 Å². The number of carbonyl (C=O) groups excluding carboxylic acids is 1. The molecule has 32 heavy (non-hydrogen) atoms. The number of aromatic nitrogens is 2. The van der Waals surface area contributed by atoms with Crippen LogP contribution in [0.25, 0.3) is 16.9 Å². The Morgan fingerprint density at radius 1 is 0.969 bits per heavy atom. The van der Waals surface area contributed by atoms with Gasteiger partial charge in [0.25, 0.3) is 5.91 Å². The third kappa shape index (κ3) is 4.81. The zero-order valence-electron chi connectivity index (χ0n) is 17.0. The van der Waals surface area contributed by atoms with E-state index < -0.39 is 10.8 Å². The summed E-state index contributed by atoms with van der Waals surface area (Å²) in [7, 11) is 0. The second kappa shape index (κ2) is 9.57. The number of hydrogen-bond acceptors (Lipinski definition) is 5. The molecule has 8 nitrogen and oxygen atoms in total. The van der Waals surface area contributed by atoms with Crippen molar-refractivity contribution in [1.82, 2.24) is 15.1 Å². The molecule has 1 N–H and O–H groups in total. The Hall–Kier alpha value is -4.46. The maximum atomic E-state index is 12.4. The molecule has 0 saturated heterocycles. The topological polar surface area (TPSA) is 99.3 Å². The summed E-state index contributed by atoms with van der Waals surface area (Å²) in [5.74, 6) is -0.343. The number of ether oxygens (including phenoxy) is 1. The molecule has 0 fully saturated rings. The van der Waals surface area contributed by atoms with E-state index in [4.69, 9.17) is 9.84 Å². The van der Waals surface area contributed by atoms with Gasteiger partial charge in [-0.3, -0.25) is 14.9 Å². The Morgan fingerprint density at radius 2 is 1.62 bits per heavy atom. The van der Waals surface area contributed by atoms with Gasteiger partial charge in [0, 0.05) is 29.9 Å². The Morgan fingerprint density at radius 3 is 2.34 bits per heavy atom. The minimum Gasteiger partial charge on any atom is -0.477 e. The molecule has 1 aromatic heterocycles. The van der Waals surface area contributed by atoms with Crippen molar-refractivity contribution in [2.45, 2.75) is 6.54 Å². The molecule has 0 aliphatic carbocycles. The molecule has 3 aromatic carbocycles. The normalized spacial score (nSPS) is 10.5. The van der Waals surface area contributed by atoms with Gasteiger partial charge in [-0.2, -0.15) is 5.10 Å². The maximum absolute atomic E-state index is 12.4. The number of nitrogens with zero attached hydrogens (tertiary/aromatic N) is 3. The third-order valence-corrected chi connectivity index (χ3v) is 4.75. The van der Waals surface area contributed by atoms with Crippen molar-refractivity contribution in [2.24, 2.45) is 0 Å². The Balaban J connectivity index is 1.48. The van der Waals surface area contributed by atoms with Crippen LogP contribution in [-0.2, 0) is 11.3 Å². The molecule has 0 bridgehead atoms. The molecule has 4 aromatic rings. The first-order valence-electron chi connectivity index (χ1n) is 9.94. The minimum absolute atomic E-state index is 0.0505. The summed E-state index contributed by atoms with van der Waals surface area (Å²) >= 11 is 0. The number of carbonyl (C=O) groups is 1. The number of nitro groups is 1. The lowest BCUT2D eigenvalue weighted by Crippen LogP contribution is -2.28. The van der Waals surface area contributed by atoms with Gasteiger partial charge in [-0.15, -0.1) is 0 Å². The van der Waals surface area contributed by atoms with E-state index in [1.54, 1.807) is 16.8 Å². The van der Waals surface area contributed by atoms with E-state index in [0.717, 1.165) is 22.5 Å². The van der Waals surface area contributed by atoms with Gasteiger partial charge >= 0.3 is 5.69 Å². The summed E-state index contributed by atoms with van der Waals surface area (Å²) < 4.78 is 7.14. The fraction of sp³-hybridized carbons (Fsp3) is 0.0833. The molecule has 160 valence electrons. The summed E-state index contributed by atoms with van der Waals surface area (Å²) in [6.45, 7) is -0.103. The first kappa shape index (κ1) is 20.8. The smallest absolute Gasteiger partial charge is 0.310 e. The van der Waals surface area contributed by atoms with E-state index >= 15 is 0 Å². The molecule has 0 radical (unpaired) electrons. The summed E-state index contributed by atoms with van der Waals surface area (Å²) in [4.78, 5) is 22.9. The molecule has 0 aliphatic rings. The zero-order chi connectivity index (χ0) is 22.3. The molecular formula is C24H20N4O4. The van der Waals surface area contributed by atoms with Crippen LogP contribution >= 0.6 is 0 Å². The molecule has 0 unspecified atom stereocenters. The van der Waals surface area contributed by atoms with Gasteiger partial charge in [0.1, 0.15) is 0 Å². The first-order valence-corrected chi connectivity index (χ1v) is 9.94. The van der Waals surface area contributed by atoms with E-state index in [1.165, 1.54) is 12.1 Å². The van der Waals surface area contributed by atoms with Gasteiger partial charge in [-0.25, -0.2) is 4.68 Å². The van der Waals surface area contributed by atoms with Gasteiger partial charge in [0.05, 0.1) is 16.3 Å². The highest BCUT2D eigenvalue weighted by Crippen LogP contribution is 2.26. The lowest BCUT2D eigenvalue weighted by molar-refractivity contribution is -0.385. The lowest BCUT2D eigenvalue weighted by Gasteiger charge is -2.08. The third-order valence-electron chi connectivity index (χ3n) is 4.75. The van der Waals surface area contributed by atoms with Crippen LogP contribution < -0.4 is 10.1 Å². The Labute approximate surface area is 184 Å². The van der Waals surface area contributed by atoms with E-state index in [2.05, 4.69) is 5.32 Å². The molecule has 1 amide bonds. The number of nitrogens with one attached hydrogen (secondary N) is 1. The molecule has 0 atom stereocenters. The van der Waals surface area contributed by atoms with Gasteiger partial charge in [0.15, 0.2) is 12.4 Å².